The maximum Gasteiger partial charge on any atom is 0.433 e. The van der Waals surface area contributed by atoms with Gasteiger partial charge in [-0.1, -0.05) is 18.5 Å². The normalized spacial score (nSPS) is 12.6. The Morgan fingerprint density at radius 1 is 1.23 bits per heavy atom. The molecule has 0 radical (unpaired) electrons. The van der Waals surface area contributed by atoms with Crippen molar-refractivity contribution in [3.8, 4) is 11.6 Å². The van der Waals surface area contributed by atoms with E-state index < -0.39 is 21.7 Å². The van der Waals surface area contributed by atoms with Gasteiger partial charge < -0.3 is 0 Å². The minimum absolute atomic E-state index is 0.109. The van der Waals surface area contributed by atoms with Crippen molar-refractivity contribution in [1.29, 1.82) is 0 Å². The quantitative estimate of drug-likeness (QED) is 0.463. The van der Waals surface area contributed by atoms with Crippen molar-refractivity contribution in [1.82, 2.24) is 34.5 Å². The monoisotopic (exact) mass is 457 g/mol. The zero-order valence-corrected chi connectivity index (χ0v) is 16.6. The van der Waals surface area contributed by atoms with E-state index in [9.17, 15) is 21.6 Å². The summed E-state index contributed by atoms with van der Waals surface area (Å²) in [6.45, 7) is 1.45. The lowest BCUT2D eigenvalue weighted by atomic mass is 10.3. The van der Waals surface area contributed by atoms with Gasteiger partial charge in [0, 0.05) is 6.20 Å². The van der Waals surface area contributed by atoms with Crippen molar-refractivity contribution in [2.24, 2.45) is 0 Å². The van der Waals surface area contributed by atoms with Gasteiger partial charge in [0.05, 0.1) is 16.7 Å². The van der Waals surface area contributed by atoms with Crippen LogP contribution in [0.15, 0.2) is 41.9 Å². The van der Waals surface area contributed by atoms with E-state index >= 15 is 0 Å². The topological polar surface area (TPSA) is 108 Å². The molecule has 4 heterocycles. The van der Waals surface area contributed by atoms with Crippen LogP contribution in [-0.4, -0.2) is 48.7 Å². The van der Waals surface area contributed by atoms with Crippen LogP contribution in [0.3, 0.4) is 0 Å². The molecule has 0 saturated carbocycles. The minimum atomic E-state index is -4.67. The van der Waals surface area contributed by atoms with E-state index in [-0.39, 0.29) is 38.3 Å². The lowest BCUT2D eigenvalue weighted by Gasteiger charge is -2.11. The van der Waals surface area contributed by atoms with E-state index in [1.54, 1.807) is 0 Å². The van der Waals surface area contributed by atoms with Crippen LogP contribution in [0, 0.1) is 0 Å². The molecular weight excluding hydrogens is 447 g/mol. The van der Waals surface area contributed by atoms with Gasteiger partial charge in [-0.2, -0.15) is 23.4 Å². The molecule has 30 heavy (non-hydrogen) atoms. The number of nitrogens with zero attached hydrogens (tertiary/aromatic N) is 7. The van der Waals surface area contributed by atoms with Gasteiger partial charge in [0.2, 0.25) is 0 Å². The summed E-state index contributed by atoms with van der Waals surface area (Å²) in [5, 5.41) is 7.96. The summed E-state index contributed by atoms with van der Waals surface area (Å²) in [7, 11) is -3.77. The van der Waals surface area contributed by atoms with Crippen LogP contribution < -0.4 is 0 Å². The Morgan fingerprint density at radius 2 is 2.00 bits per heavy atom. The predicted octanol–water partition coefficient (Wildman–Crippen LogP) is 2.86. The first-order chi connectivity index (χ1) is 14.1. The molecule has 0 amide bonds. The summed E-state index contributed by atoms with van der Waals surface area (Å²) in [4.78, 5) is 11.3. The molecule has 0 atom stereocenters. The molecule has 0 aliphatic rings. The van der Waals surface area contributed by atoms with Crippen LogP contribution in [0.25, 0.3) is 22.5 Å². The van der Waals surface area contributed by atoms with Crippen LogP contribution in [0.5, 0.6) is 0 Å². The maximum absolute atomic E-state index is 13.0. The van der Waals surface area contributed by atoms with Crippen molar-refractivity contribution < 1.29 is 21.6 Å². The number of alkyl halides is 3. The molecule has 4 rings (SSSR count). The third kappa shape index (κ3) is 3.39. The van der Waals surface area contributed by atoms with E-state index in [1.165, 1.54) is 36.4 Å². The first-order valence-electron chi connectivity index (χ1n) is 8.32. The van der Waals surface area contributed by atoms with Crippen molar-refractivity contribution in [3.63, 3.8) is 0 Å². The molecule has 0 fully saturated rings. The maximum atomic E-state index is 13.0. The highest BCUT2D eigenvalue weighted by Gasteiger charge is 2.33. The molecule has 14 heteroatoms. The summed E-state index contributed by atoms with van der Waals surface area (Å²) in [6.07, 6.45) is -1.13. The molecule has 4 aromatic rings. The largest absolute Gasteiger partial charge is 0.433 e. The van der Waals surface area contributed by atoms with E-state index in [4.69, 9.17) is 11.6 Å². The third-order valence-corrected chi connectivity index (χ3v) is 6.29. The van der Waals surface area contributed by atoms with Gasteiger partial charge in [-0.3, -0.25) is 4.98 Å². The zero-order chi connectivity index (χ0) is 21.7. The average molecular weight is 458 g/mol. The first kappa shape index (κ1) is 20.2. The Kier molecular flexibility index (Phi) is 4.73. The lowest BCUT2D eigenvalue weighted by molar-refractivity contribution is -0.141. The number of hydrogen-bond donors (Lipinski definition) is 0. The van der Waals surface area contributed by atoms with Crippen LogP contribution >= 0.6 is 11.6 Å². The fraction of sp³-hybridized carbons (Fsp3) is 0.188. The number of aromatic nitrogens is 7. The van der Waals surface area contributed by atoms with E-state index in [2.05, 4.69) is 25.1 Å². The van der Waals surface area contributed by atoms with Gasteiger partial charge in [0.15, 0.2) is 21.5 Å². The molecule has 0 unspecified atom stereocenters. The van der Waals surface area contributed by atoms with Gasteiger partial charge in [0.25, 0.3) is 0 Å². The number of pyridine rings is 2. The Hall–Kier alpha value is -3.06. The summed E-state index contributed by atoms with van der Waals surface area (Å²) >= 11 is 6.31. The predicted molar refractivity (Wildman–Crippen MR) is 99.3 cm³/mol. The fourth-order valence-corrected chi connectivity index (χ4v) is 3.94. The Balaban J connectivity index is 1.99. The van der Waals surface area contributed by atoms with Crippen molar-refractivity contribution in [2.75, 3.05) is 5.75 Å². The van der Waals surface area contributed by atoms with Crippen LogP contribution in [0.1, 0.15) is 12.6 Å². The average Bonchev–Trinajstić information content (AvgIpc) is 3.35. The number of hydrogen-bond acceptors (Lipinski definition) is 7. The molecular formula is C16H11ClF3N7O2S. The van der Waals surface area contributed by atoms with Gasteiger partial charge in [-0.05, 0) is 18.2 Å². The standard InChI is InChI=1S/C16H11ClF3N7O2S/c1-2-30(28,29)11-3-4-13(26-8-21-7-23-26)24-15(11)27-14(17)9-6-22-12(16(18,19)20)5-10(9)25-27/h3-8H,2H2,1H3. The van der Waals surface area contributed by atoms with Gasteiger partial charge in [-0.25, -0.2) is 27.7 Å². The van der Waals surface area contributed by atoms with Crippen LogP contribution in [0.4, 0.5) is 13.2 Å². The molecule has 0 aromatic carbocycles. The highest BCUT2D eigenvalue weighted by atomic mass is 35.5. The van der Waals surface area contributed by atoms with E-state index in [0.29, 0.717) is 0 Å². The molecule has 0 N–H and O–H groups in total. The number of halogens is 4. The number of rotatable bonds is 4. The Bertz CT molecular complexity index is 1350. The molecule has 0 saturated heterocycles. The molecule has 4 aromatic heterocycles. The highest BCUT2D eigenvalue weighted by molar-refractivity contribution is 7.91. The van der Waals surface area contributed by atoms with Crippen LogP contribution in [-0.2, 0) is 16.0 Å². The second kappa shape index (κ2) is 7.02. The van der Waals surface area contributed by atoms with E-state index in [0.717, 1.165) is 16.9 Å². The summed E-state index contributed by atoms with van der Waals surface area (Å²) < 4.78 is 66.4. The van der Waals surface area contributed by atoms with Crippen molar-refractivity contribution in [3.05, 3.63) is 47.9 Å². The molecule has 0 aliphatic heterocycles. The van der Waals surface area contributed by atoms with E-state index in [1.807, 2.05) is 0 Å². The zero-order valence-electron chi connectivity index (χ0n) is 15.0. The Morgan fingerprint density at radius 3 is 2.63 bits per heavy atom. The van der Waals surface area contributed by atoms with Gasteiger partial charge >= 0.3 is 6.18 Å². The van der Waals surface area contributed by atoms with Gasteiger partial charge in [-0.15, -0.1) is 0 Å². The summed E-state index contributed by atoms with van der Waals surface area (Å²) in [6, 6.07) is 3.45. The summed E-state index contributed by atoms with van der Waals surface area (Å²) in [5.74, 6) is -0.204. The third-order valence-electron chi connectivity index (χ3n) is 4.18. The number of sulfone groups is 1. The smallest absolute Gasteiger partial charge is 0.251 e. The van der Waals surface area contributed by atoms with Gasteiger partial charge in [0.1, 0.15) is 28.4 Å². The molecule has 0 spiro atoms. The molecule has 0 bridgehead atoms. The second-order valence-corrected chi connectivity index (χ2v) is 8.63. The fourth-order valence-electron chi connectivity index (χ4n) is 2.68. The SMILES string of the molecule is CCS(=O)(=O)c1ccc(-n2cncn2)nc1-n1nc2cc(C(F)(F)F)ncc2c1Cl. The second-order valence-electron chi connectivity index (χ2n) is 6.02. The van der Waals surface area contributed by atoms with Crippen molar-refractivity contribution >= 4 is 32.3 Å². The van der Waals surface area contributed by atoms with Crippen LogP contribution in [0.2, 0.25) is 5.15 Å². The molecule has 156 valence electrons. The highest BCUT2D eigenvalue weighted by Crippen LogP contribution is 2.33. The molecule has 0 aliphatic carbocycles. The molecule has 9 nitrogen and oxygen atoms in total. The summed E-state index contributed by atoms with van der Waals surface area (Å²) in [5.41, 5.74) is -1.27. The lowest BCUT2D eigenvalue weighted by Crippen LogP contribution is -2.13. The minimum Gasteiger partial charge on any atom is -0.251 e. The first-order valence-corrected chi connectivity index (χ1v) is 10.4. The Labute approximate surface area is 172 Å². The van der Waals surface area contributed by atoms with Crippen molar-refractivity contribution in [2.45, 2.75) is 18.0 Å². The number of fused-ring (bicyclic) bond motifs is 1.